The van der Waals surface area contributed by atoms with Crippen molar-refractivity contribution in [2.75, 3.05) is 20.2 Å². The molecule has 5 nitrogen and oxygen atoms in total. The van der Waals surface area contributed by atoms with Crippen LogP contribution in [0.2, 0.25) is 0 Å². The summed E-state index contributed by atoms with van der Waals surface area (Å²) in [5, 5.41) is 5.96. The molecule has 0 aliphatic carbocycles. The lowest BCUT2D eigenvalue weighted by molar-refractivity contribution is -0.141. The van der Waals surface area contributed by atoms with Gasteiger partial charge in [-0.1, -0.05) is 6.92 Å². The van der Waals surface area contributed by atoms with Gasteiger partial charge in [0, 0.05) is 12.0 Å². The molecule has 1 rings (SSSR count). The van der Waals surface area contributed by atoms with Crippen LogP contribution in [0.1, 0.15) is 20.3 Å². The highest BCUT2D eigenvalue weighted by atomic mass is 16.5. The van der Waals surface area contributed by atoms with Gasteiger partial charge in [0.2, 0.25) is 5.91 Å². The van der Waals surface area contributed by atoms with Crippen molar-refractivity contribution in [3.05, 3.63) is 0 Å². The van der Waals surface area contributed by atoms with Gasteiger partial charge in [0.15, 0.2) is 0 Å². The van der Waals surface area contributed by atoms with Crippen LogP contribution in [0.3, 0.4) is 0 Å². The molecule has 1 aliphatic rings. The molecular weight excluding hydrogens is 208 g/mol. The van der Waals surface area contributed by atoms with E-state index in [0.717, 1.165) is 13.1 Å². The number of hydrogen-bond acceptors (Lipinski definition) is 4. The standard InChI is InChI=1S/C11H20N2O3/c1-7(4-10(14)16-3)13-11(15)8(2)9-5-12-6-9/h7-9,12H,4-6H2,1-3H3,(H,13,15). The Bertz CT molecular complexity index is 264. The number of carbonyl (C=O) groups is 2. The minimum Gasteiger partial charge on any atom is -0.469 e. The van der Waals surface area contributed by atoms with Crippen LogP contribution >= 0.6 is 0 Å². The fourth-order valence-corrected chi connectivity index (χ4v) is 1.64. The van der Waals surface area contributed by atoms with Gasteiger partial charge >= 0.3 is 5.97 Å². The maximum Gasteiger partial charge on any atom is 0.307 e. The Morgan fingerprint density at radius 1 is 1.44 bits per heavy atom. The molecule has 92 valence electrons. The maximum atomic E-state index is 11.8. The van der Waals surface area contributed by atoms with Crippen LogP contribution in [0.25, 0.3) is 0 Å². The molecule has 1 amide bonds. The lowest BCUT2D eigenvalue weighted by atomic mass is 9.88. The zero-order valence-electron chi connectivity index (χ0n) is 10.1. The summed E-state index contributed by atoms with van der Waals surface area (Å²) in [6.45, 7) is 5.53. The van der Waals surface area contributed by atoms with Crippen molar-refractivity contribution >= 4 is 11.9 Å². The Kier molecular flexibility index (Phi) is 4.73. The summed E-state index contributed by atoms with van der Waals surface area (Å²) in [6.07, 6.45) is 0.220. The van der Waals surface area contributed by atoms with Gasteiger partial charge in [-0.2, -0.15) is 0 Å². The van der Waals surface area contributed by atoms with Gasteiger partial charge in [0.05, 0.1) is 13.5 Å². The number of nitrogens with one attached hydrogen (secondary N) is 2. The van der Waals surface area contributed by atoms with E-state index in [1.165, 1.54) is 7.11 Å². The highest BCUT2D eigenvalue weighted by Gasteiger charge is 2.29. The molecule has 0 radical (unpaired) electrons. The first-order chi connectivity index (χ1) is 7.54. The second-order valence-corrected chi connectivity index (χ2v) is 4.40. The summed E-state index contributed by atoms with van der Waals surface area (Å²) in [4.78, 5) is 22.8. The average Bonchev–Trinajstić information content (AvgIpc) is 2.14. The molecule has 2 unspecified atom stereocenters. The summed E-state index contributed by atoms with van der Waals surface area (Å²) in [5.74, 6) is 0.139. The molecule has 1 saturated heterocycles. The molecule has 16 heavy (non-hydrogen) atoms. The molecule has 0 saturated carbocycles. The number of hydrogen-bond donors (Lipinski definition) is 2. The van der Waals surface area contributed by atoms with Gasteiger partial charge in [-0.3, -0.25) is 9.59 Å². The molecule has 2 atom stereocenters. The Balaban J connectivity index is 2.29. The van der Waals surface area contributed by atoms with Crippen molar-refractivity contribution in [1.82, 2.24) is 10.6 Å². The van der Waals surface area contributed by atoms with Crippen molar-refractivity contribution < 1.29 is 14.3 Å². The smallest absolute Gasteiger partial charge is 0.307 e. The zero-order valence-corrected chi connectivity index (χ0v) is 10.1. The van der Waals surface area contributed by atoms with Gasteiger partial charge in [-0.25, -0.2) is 0 Å². The lowest BCUT2D eigenvalue weighted by Crippen LogP contribution is -2.50. The van der Waals surface area contributed by atoms with Crippen LogP contribution in [0.15, 0.2) is 0 Å². The SMILES string of the molecule is COC(=O)CC(C)NC(=O)C(C)C1CNC1. The summed E-state index contributed by atoms with van der Waals surface area (Å²) in [7, 11) is 1.35. The fraction of sp³-hybridized carbons (Fsp3) is 0.818. The first kappa shape index (κ1) is 13.0. The molecule has 0 aromatic rings. The minimum atomic E-state index is -0.300. The third-order valence-corrected chi connectivity index (χ3v) is 3.02. The van der Waals surface area contributed by atoms with Crippen molar-refractivity contribution in [2.45, 2.75) is 26.3 Å². The topological polar surface area (TPSA) is 67.4 Å². The second-order valence-electron chi connectivity index (χ2n) is 4.40. The van der Waals surface area contributed by atoms with E-state index in [9.17, 15) is 9.59 Å². The van der Waals surface area contributed by atoms with Crippen LogP contribution < -0.4 is 10.6 Å². The lowest BCUT2D eigenvalue weighted by Gasteiger charge is -2.32. The molecule has 0 spiro atoms. The Morgan fingerprint density at radius 2 is 2.06 bits per heavy atom. The zero-order chi connectivity index (χ0) is 12.1. The number of carbonyl (C=O) groups excluding carboxylic acids is 2. The van der Waals surface area contributed by atoms with Crippen molar-refractivity contribution in [1.29, 1.82) is 0 Å². The van der Waals surface area contributed by atoms with Crippen LogP contribution in [0.5, 0.6) is 0 Å². The summed E-state index contributed by atoms with van der Waals surface area (Å²) in [5.41, 5.74) is 0. The molecule has 0 aromatic carbocycles. The van der Waals surface area contributed by atoms with Crippen LogP contribution in [-0.4, -0.2) is 38.1 Å². The monoisotopic (exact) mass is 228 g/mol. The van der Waals surface area contributed by atoms with E-state index in [1.807, 2.05) is 6.92 Å². The molecule has 0 aromatic heterocycles. The predicted molar refractivity (Wildman–Crippen MR) is 59.8 cm³/mol. The van der Waals surface area contributed by atoms with E-state index in [-0.39, 0.29) is 30.3 Å². The Labute approximate surface area is 95.9 Å². The molecule has 1 heterocycles. The molecular formula is C11H20N2O3. The van der Waals surface area contributed by atoms with Crippen molar-refractivity contribution in [3.63, 3.8) is 0 Å². The van der Waals surface area contributed by atoms with Gasteiger partial charge in [0.1, 0.15) is 0 Å². The maximum absolute atomic E-state index is 11.8. The van der Waals surface area contributed by atoms with E-state index in [1.54, 1.807) is 6.92 Å². The van der Waals surface area contributed by atoms with Gasteiger partial charge in [-0.05, 0) is 25.9 Å². The van der Waals surface area contributed by atoms with Gasteiger partial charge in [-0.15, -0.1) is 0 Å². The second kappa shape index (κ2) is 5.84. The summed E-state index contributed by atoms with van der Waals surface area (Å²) >= 11 is 0. The number of esters is 1. The summed E-state index contributed by atoms with van der Waals surface area (Å²) < 4.78 is 4.54. The molecule has 1 fully saturated rings. The minimum absolute atomic E-state index is 0.00125. The number of methoxy groups -OCH3 is 1. The van der Waals surface area contributed by atoms with Gasteiger partial charge in [0.25, 0.3) is 0 Å². The van der Waals surface area contributed by atoms with E-state index >= 15 is 0 Å². The number of ether oxygens (including phenoxy) is 1. The molecule has 0 bridgehead atoms. The highest BCUT2D eigenvalue weighted by Crippen LogP contribution is 2.16. The van der Waals surface area contributed by atoms with E-state index in [2.05, 4.69) is 15.4 Å². The van der Waals surface area contributed by atoms with Crippen molar-refractivity contribution in [3.8, 4) is 0 Å². The highest BCUT2D eigenvalue weighted by molar-refractivity contribution is 5.80. The predicted octanol–water partition coefficient (Wildman–Crippen LogP) is -0.0903. The van der Waals surface area contributed by atoms with Crippen molar-refractivity contribution in [2.24, 2.45) is 11.8 Å². The van der Waals surface area contributed by atoms with Crippen LogP contribution in [0, 0.1) is 11.8 Å². The number of rotatable bonds is 5. The van der Waals surface area contributed by atoms with E-state index in [4.69, 9.17) is 0 Å². The Morgan fingerprint density at radius 3 is 2.50 bits per heavy atom. The van der Waals surface area contributed by atoms with Crippen LogP contribution in [0.4, 0.5) is 0 Å². The third kappa shape index (κ3) is 3.48. The molecule has 5 heteroatoms. The first-order valence-corrected chi connectivity index (χ1v) is 5.62. The first-order valence-electron chi connectivity index (χ1n) is 5.62. The van der Waals surface area contributed by atoms with Gasteiger partial charge < -0.3 is 15.4 Å². The Hall–Kier alpha value is -1.10. The van der Waals surface area contributed by atoms with E-state index < -0.39 is 0 Å². The average molecular weight is 228 g/mol. The normalized spacial score (nSPS) is 19.4. The quantitative estimate of drug-likeness (QED) is 0.645. The van der Waals surface area contributed by atoms with Crippen LogP contribution in [-0.2, 0) is 14.3 Å². The molecule has 2 N–H and O–H groups in total. The third-order valence-electron chi connectivity index (χ3n) is 3.02. The largest absolute Gasteiger partial charge is 0.469 e. The van der Waals surface area contributed by atoms with E-state index in [0.29, 0.717) is 5.92 Å². The number of amides is 1. The fourth-order valence-electron chi connectivity index (χ4n) is 1.64. The molecule has 1 aliphatic heterocycles. The summed E-state index contributed by atoms with van der Waals surface area (Å²) in [6, 6.07) is -0.171.